The summed E-state index contributed by atoms with van der Waals surface area (Å²) < 4.78 is 5.57. The van der Waals surface area contributed by atoms with Gasteiger partial charge in [0, 0.05) is 13.1 Å². The van der Waals surface area contributed by atoms with Crippen molar-refractivity contribution in [2.24, 2.45) is 5.92 Å². The molecule has 18 heavy (non-hydrogen) atoms. The summed E-state index contributed by atoms with van der Waals surface area (Å²) in [7, 11) is 0. The van der Waals surface area contributed by atoms with Gasteiger partial charge in [0.2, 0.25) is 0 Å². The number of hydrogen-bond acceptors (Lipinski definition) is 3. The molecule has 3 nitrogen and oxygen atoms in total. The molecule has 2 N–H and O–H groups in total. The predicted molar refractivity (Wildman–Crippen MR) is 77.3 cm³/mol. The van der Waals surface area contributed by atoms with Crippen LogP contribution in [0.4, 0.5) is 11.4 Å². The van der Waals surface area contributed by atoms with E-state index in [1.165, 1.54) is 12.8 Å². The minimum Gasteiger partial charge on any atom is -0.492 e. The highest BCUT2D eigenvalue weighted by atomic mass is 16.5. The lowest BCUT2D eigenvalue weighted by molar-refractivity contribution is 0.342. The Morgan fingerprint density at radius 1 is 1.33 bits per heavy atom. The first-order valence-electron chi connectivity index (χ1n) is 7.02. The number of nitrogens with zero attached hydrogens (tertiary/aromatic N) is 1. The molecule has 3 heteroatoms. The minimum absolute atomic E-state index is 0.657. The lowest BCUT2D eigenvalue weighted by Crippen LogP contribution is -2.27. The summed E-state index contributed by atoms with van der Waals surface area (Å²) in [6.45, 7) is 7.05. The van der Waals surface area contributed by atoms with Gasteiger partial charge in [-0.2, -0.15) is 0 Å². The molecule has 1 aromatic carbocycles. The zero-order valence-electron chi connectivity index (χ0n) is 11.5. The lowest BCUT2D eigenvalue weighted by atomic mass is 10.2. The van der Waals surface area contributed by atoms with Gasteiger partial charge in [0.15, 0.2) is 0 Å². The SMILES string of the molecule is CCCN(CC1CC1)c1cccc(OCC)c1N. The van der Waals surface area contributed by atoms with Gasteiger partial charge in [-0.1, -0.05) is 13.0 Å². The smallest absolute Gasteiger partial charge is 0.144 e. The number of para-hydroxylation sites is 1. The van der Waals surface area contributed by atoms with Crippen LogP contribution in [0.3, 0.4) is 0 Å². The highest BCUT2D eigenvalue weighted by Crippen LogP contribution is 2.36. The Hall–Kier alpha value is -1.38. The third kappa shape index (κ3) is 3.09. The van der Waals surface area contributed by atoms with Crippen LogP contribution in [0.25, 0.3) is 0 Å². The van der Waals surface area contributed by atoms with E-state index in [9.17, 15) is 0 Å². The molecule has 0 aliphatic heterocycles. The summed E-state index contributed by atoms with van der Waals surface area (Å²) in [5.74, 6) is 1.68. The fourth-order valence-electron chi connectivity index (χ4n) is 2.28. The van der Waals surface area contributed by atoms with E-state index in [-0.39, 0.29) is 0 Å². The first-order valence-corrected chi connectivity index (χ1v) is 7.02. The molecular weight excluding hydrogens is 224 g/mol. The first-order chi connectivity index (χ1) is 8.76. The van der Waals surface area contributed by atoms with E-state index in [1.54, 1.807) is 0 Å². The molecule has 0 radical (unpaired) electrons. The van der Waals surface area contributed by atoms with E-state index in [4.69, 9.17) is 10.5 Å². The molecule has 1 saturated carbocycles. The molecule has 1 aliphatic rings. The number of ether oxygens (including phenoxy) is 1. The van der Waals surface area contributed by atoms with Gasteiger partial charge in [-0.25, -0.2) is 0 Å². The average molecular weight is 248 g/mol. The number of hydrogen-bond donors (Lipinski definition) is 1. The van der Waals surface area contributed by atoms with Gasteiger partial charge in [0.25, 0.3) is 0 Å². The number of rotatable bonds is 7. The zero-order valence-corrected chi connectivity index (χ0v) is 11.5. The topological polar surface area (TPSA) is 38.5 Å². The van der Waals surface area contributed by atoms with Crippen LogP contribution in [-0.4, -0.2) is 19.7 Å². The molecule has 1 fully saturated rings. The summed E-state index contributed by atoms with van der Waals surface area (Å²) in [5.41, 5.74) is 8.15. The van der Waals surface area contributed by atoms with E-state index in [0.717, 1.165) is 42.6 Å². The van der Waals surface area contributed by atoms with Crippen LogP contribution in [0, 0.1) is 5.92 Å². The van der Waals surface area contributed by atoms with Crippen LogP contribution < -0.4 is 15.4 Å². The van der Waals surface area contributed by atoms with Crippen LogP contribution >= 0.6 is 0 Å². The summed E-state index contributed by atoms with van der Waals surface area (Å²) in [4.78, 5) is 2.41. The highest BCUT2D eigenvalue weighted by molar-refractivity contribution is 5.74. The van der Waals surface area contributed by atoms with Crippen molar-refractivity contribution in [3.8, 4) is 5.75 Å². The van der Waals surface area contributed by atoms with Crippen molar-refractivity contribution in [1.29, 1.82) is 0 Å². The van der Waals surface area contributed by atoms with E-state index in [1.807, 2.05) is 19.1 Å². The van der Waals surface area contributed by atoms with Gasteiger partial charge in [-0.05, 0) is 44.2 Å². The Bertz CT molecular complexity index is 388. The molecule has 0 heterocycles. The summed E-state index contributed by atoms with van der Waals surface area (Å²) in [6, 6.07) is 6.09. The summed E-state index contributed by atoms with van der Waals surface area (Å²) in [5, 5.41) is 0. The first kappa shape index (κ1) is 13.1. The molecule has 1 aromatic rings. The fraction of sp³-hybridized carbons (Fsp3) is 0.600. The second kappa shape index (κ2) is 5.98. The van der Waals surface area contributed by atoms with Crippen LogP contribution in [0.5, 0.6) is 5.75 Å². The molecule has 100 valence electrons. The van der Waals surface area contributed by atoms with Crippen molar-refractivity contribution in [2.45, 2.75) is 33.1 Å². The second-order valence-electron chi connectivity index (χ2n) is 5.01. The molecule has 2 rings (SSSR count). The van der Waals surface area contributed by atoms with Gasteiger partial charge in [0.1, 0.15) is 5.75 Å². The van der Waals surface area contributed by atoms with Crippen molar-refractivity contribution in [1.82, 2.24) is 0 Å². The largest absolute Gasteiger partial charge is 0.492 e. The maximum atomic E-state index is 6.23. The van der Waals surface area contributed by atoms with E-state index in [0.29, 0.717) is 6.61 Å². The normalized spacial score (nSPS) is 14.6. The van der Waals surface area contributed by atoms with Crippen LogP contribution in [0.2, 0.25) is 0 Å². The standard InChI is InChI=1S/C15H24N2O/c1-3-10-17(11-12-8-9-12)13-6-5-7-14(15(13)16)18-4-2/h5-7,12H,3-4,8-11,16H2,1-2H3. The molecule has 1 aliphatic carbocycles. The predicted octanol–water partition coefficient (Wildman–Crippen LogP) is 3.29. The van der Waals surface area contributed by atoms with Crippen molar-refractivity contribution >= 4 is 11.4 Å². The maximum Gasteiger partial charge on any atom is 0.144 e. The Morgan fingerprint density at radius 2 is 2.11 bits per heavy atom. The zero-order chi connectivity index (χ0) is 13.0. The molecule has 0 bridgehead atoms. The lowest BCUT2D eigenvalue weighted by Gasteiger charge is -2.26. The number of nitrogens with two attached hydrogens (primary N) is 1. The van der Waals surface area contributed by atoms with Crippen LogP contribution in [-0.2, 0) is 0 Å². The monoisotopic (exact) mass is 248 g/mol. The van der Waals surface area contributed by atoms with Gasteiger partial charge in [0.05, 0.1) is 18.0 Å². The Balaban J connectivity index is 2.19. The quantitative estimate of drug-likeness (QED) is 0.752. The summed E-state index contributed by atoms with van der Waals surface area (Å²) >= 11 is 0. The Kier molecular flexibility index (Phi) is 4.34. The van der Waals surface area contributed by atoms with Gasteiger partial charge >= 0.3 is 0 Å². The second-order valence-corrected chi connectivity index (χ2v) is 5.01. The van der Waals surface area contributed by atoms with Gasteiger partial charge < -0.3 is 15.4 Å². The third-order valence-corrected chi connectivity index (χ3v) is 3.35. The van der Waals surface area contributed by atoms with E-state index < -0.39 is 0 Å². The third-order valence-electron chi connectivity index (χ3n) is 3.35. The molecule has 0 amide bonds. The fourth-order valence-corrected chi connectivity index (χ4v) is 2.28. The molecule has 0 aromatic heterocycles. The molecule has 0 saturated heterocycles. The summed E-state index contributed by atoms with van der Waals surface area (Å²) in [6.07, 6.45) is 3.88. The van der Waals surface area contributed by atoms with Crippen LogP contribution in [0.15, 0.2) is 18.2 Å². The van der Waals surface area contributed by atoms with Crippen molar-refractivity contribution in [3.05, 3.63) is 18.2 Å². The minimum atomic E-state index is 0.657. The number of benzene rings is 1. The van der Waals surface area contributed by atoms with Crippen molar-refractivity contribution in [3.63, 3.8) is 0 Å². The molecule has 0 spiro atoms. The molecule has 0 atom stereocenters. The van der Waals surface area contributed by atoms with E-state index >= 15 is 0 Å². The molecule has 0 unspecified atom stereocenters. The Labute approximate surface area is 110 Å². The van der Waals surface area contributed by atoms with Crippen LogP contribution in [0.1, 0.15) is 33.1 Å². The molecular formula is C15H24N2O. The highest BCUT2D eigenvalue weighted by Gasteiger charge is 2.25. The number of nitrogen functional groups attached to an aromatic ring is 1. The Morgan fingerprint density at radius 3 is 2.72 bits per heavy atom. The van der Waals surface area contributed by atoms with Gasteiger partial charge in [-0.15, -0.1) is 0 Å². The van der Waals surface area contributed by atoms with Crippen molar-refractivity contribution < 1.29 is 4.74 Å². The van der Waals surface area contributed by atoms with Crippen molar-refractivity contribution in [2.75, 3.05) is 30.3 Å². The average Bonchev–Trinajstić information content (AvgIpc) is 3.16. The number of anilines is 2. The van der Waals surface area contributed by atoms with E-state index in [2.05, 4.69) is 17.9 Å². The maximum absolute atomic E-state index is 6.23. The van der Waals surface area contributed by atoms with Gasteiger partial charge in [-0.3, -0.25) is 0 Å².